The van der Waals surface area contributed by atoms with Crippen molar-refractivity contribution in [3.8, 4) is 6.07 Å². The summed E-state index contributed by atoms with van der Waals surface area (Å²) in [6.45, 7) is 0.323. The van der Waals surface area contributed by atoms with Gasteiger partial charge in [0.1, 0.15) is 6.04 Å². The molecule has 1 unspecified atom stereocenters. The molecule has 3 aliphatic rings. The molecule has 1 N–H and O–H groups in total. The standard InChI is InChI=1S/C19H21N3O2/c20-11-14-10-19(15-8-4-5-9-16(15)21-18(19)24)12-22(14)17(23)13-6-2-1-3-7-13/h4-5,8-9,13-14H,1-3,6-7,10,12H2,(H,21,24)/t14?,19-/m0/s1. The Labute approximate surface area is 141 Å². The number of likely N-dealkylation sites (tertiary alicyclic amines) is 1. The van der Waals surface area contributed by atoms with E-state index in [0.29, 0.717) is 13.0 Å². The highest BCUT2D eigenvalue weighted by Crippen LogP contribution is 2.46. The molecule has 2 aliphatic heterocycles. The number of hydrogen-bond acceptors (Lipinski definition) is 3. The highest BCUT2D eigenvalue weighted by molar-refractivity contribution is 6.07. The monoisotopic (exact) mass is 323 g/mol. The Balaban J connectivity index is 1.66. The smallest absolute Gasteiger partial charge is 0.237 e. The Morgan fingerprint density at radius 1 is 1.25 bits per heavy atom. The number of carbonyl (C=O) groups is 2. The lowest BCUT2D eigenvalue weighted by Gasteiger charge is -2.28. The van der Waals surface area contributed by atoms with E-state index < -0.39 is 11.5 Å². The van der Waals surface area contributed by atoms with E-state index in [0.717, 1.165) is 36.9 Å². The number of hydrogen-bond donors (Lipinski definition) is 1. The van der Waals surface area contributed by atoms with Crippen LogP contribution in [0.15, 0.2) is 24.3 Å². The first-order valence-corrected chi connectivity index (χ1v) is 8.77. The molecule has 2 atom stereocenters. The van der Waals surface area contributed by atoms with Crippen molar-refractivity contribution in [2.75, 3.05) is 11.9 Å². The molecule has 1 saturated heterocycles. The molecule has 24 heavy (non-hydrogen) atoms. The van der Waals surface area contributed by atoms with Crippen molar-refractivity contribution in [2.24, 2.45) is 5.92 Å². The van der Waals surface area contributed by atoms with Crippen LogP contribution >= 0.6 is 0 Å². The molecule has 1 saturated carbocycles. The maximum atomic E-state index is 13.0. The van der Waals surface area contributed by atoms with Gasteiger partial charge in [-0.05, 0) is 24.5 Å². The number of fused-ring (bicyclic) bond motifs is 2. The van der Waals surface area contributed by atoms with Crippen molar-refractivity contribution in [1.29, 1.82) is 5.26 Å². The number of benzene rings is 1. The predicted octanol–water partition coefficient (Wildman–Crippen LogP) is 2.58. The molecule has 2 heterocycles. The van der Waals surface area contributed by atoms with Crippen LogP contribution in [0.5, 0.6) is 0 Å². The van der Waals surface area contributed by atoms with Crippen molar-refractivity contribution in [2.45, 2.75) is 50.0 Å². The maximum Gasteiger partial charge on any atom is 0.237 e. The molecule has 1 aromatic rings. The van der Waals surface area contributed by atoms with Gasteiger partial charge in [-0.15, -0.1) is 0 Å². The minimum absolute atomic E-state index is 0.0180. The van der Waals surface area contributed by atoms with Crippen molar-refractivity contribution >= 4 is 17.5 Å². The number of nitrogens with zero attached hydrogens (tertiary/aromatic N) is 2. The van der Waals surface area contributed by atoms with Gasteiger partial charge in [0.15, 0.2) is 0 Å². The Kier molecular flexibility index (Phi) is 3.56. The summed E-state index contributed by atoms with van der Waals surface area (Å²) in [5.41, 5.74) is 0.974. The van der Waals surface area contributed by atoms with E-state index in [-0.39, 0.29) is 17.7 Å². The van der Waals surface area contributed by atoms with Crippen LogP contribution in [0, 0.1) is 17.2 Å². The first kappa shape index (κ1) is 15.2. The number of nitriles is 1. The zero-order valence-corrected chi connectivity index (χ0v) is 13.6. The lowest BCUT2D eigenvalue weighted by molar-refractivity contribution is -0.136. The van der Waals surface area contributed by atoms with Gasteiger partial charge in [0.2, 0.25) is 11.8 Å². The number of carbonyl (C=O) groups excluding carboxylic acids is 2. The molecule has 0 radical (unpaired) electrons. The van der Waals surface area contributed by atoms with Crippen LogP contribution in [0.25, 0.3) is 0 Å². The molecular formula is C19H21N3O2. The molecule has 2 amide bonds. The molecule has 2 fully saturated rings. The Hall–Kier alpha value is -2.35. The zero-order valence-electron chi connectivity index (χ0n) is 13.6. The fourth-order valence-electron chi connectivity index (χ4n) is 4.57. The van der Waals surface area contributed by atoms with Gasteiger partial charge in [0.25, 0.3) is 0 Å². The summed E-state index contributed by atoms with van der Waals surface area (Å²) in [5.74, 6) is 0.00246. The van der Waals surface area contributed by atoms with Crippen molar-refractivity contribution in [3.63, 3.8) is 0 Å². The van der Waals surface area contributed by atoms with Gasteiger partial charge in [0.05, 0.1) is 11.5 Å². The third-order valence-electron chi connectivity index (χ3n) is 5.87. The second-order valence-corrected chi connectivity index (χ2v) is 7.23. The summed E-state index contributed by atoms with van der Waals surface area (Å²) >= 11 is 0. The summed E-state index contributed by atoms with van der Waals surface area (Å²) < 4.78 is 0. The second kappa shape index (κ2) is 5.62. The topological polar surface area (TPSA) is 73.2 Å². The van der Waals surface area contributed by atoms with Crippen LogP contribution < -0.4 is 5.32 Å². The average Bonchev–Trinajstić information content (AvgIpc) is 3.15. The van der Waals surface area contributed by atoms with Crippen molar-refractivity contribution in [3.05, 3.63) is 29.8 Å². The minimum atomic E-state index is -0.763. The van der Waals surface area contributed by atoms with Crippen LogP contribution in [0.4, 0.5) is 5.69 Å². The molecule has 5 nitrogen and oxygen atoms in total. The van der Waals surface area contributed by atoms with E-state index in [1.54, 1.807) is 4.90 Å². The summed E-state index contributed by atoms with van der Waals surface area (Å²) in [6.07, 6.45) is 5.55. The summed E-state index contributed by atoms with van der Waals surface area (Å²) in [4.78, 5) is 27.4. The quantitative estimate of drug-likeness (QED) is 0.863. The highest BCUT2D eigenvalue weighted by Gasteiger charge is 2.56. The predicted molar refractivity (Wildman–Crippen MR) is 89.1 cm³/mol. The van der Waals surface area contributed by atoms with E-state index in [4.69, 9.17) is 0 Å². The highest BCUT2D eigenvalue weighted by atomic mass is 16.2. The fraction of sp³-hybridized carbons (Fsp3) is 0.526. The molecular weight excluding hydrogens is 302 g/mol. The molecule has 0 bridgehead atoms. The number of para-hydroxylation sites is 1. The van der Waals surface area contributed by atoms with E-state index in [1.807, 2.05) is 24.3 Å². The van der Waals surface area contributed by atoms with Crippen LogP contribution in [-0.4, -0.2) is 29.3 Å². The lowest BCUT2D eigenvalue weighted by Crippen LogP contribution is -2.42. The van der Waals surface area contributed by atoms with Gasteiger partial charge in [-0.25, -0.2) is 0 Å². The van der Waals surface area contributed by atoms with Crippen molar-refractivity contribution < 1.29 is 9.59 Å². The Morgan fingerprint density at radius 2 is 2.00 bits per heavy atom. The Bertz CT molecular complexity index is 732. The van der Waals surface area contributed by atoms with Gasteiger partial charge in [-0.1, -0.05) is 37.5 Å². The van der Waals surface area contributed by atoms with E-state index in [2.05, 4.69) is 11.4 Å². The van der Waals surface area contributed by atoms with Gasteiger partial charge >= 0.3 is 0 Å². The van der Waals surface area contributed by atoms with Crippen LogP contribution in [0.3, 0.4) is 0 Å². The Morgan fingerprint density at radius 3 is 2.75 bits per heavy atom. The van der Waals surface area contributed by atoms with Gasteiger partial charge < -0.3 is 10.2 Å². The van der Waals surface area contributed by atoms with Crippen LogP contribution in [0.2, 0.25) is 0 Å². The summed E-state index contributed by atoms with van der Waals surface area (Å²) in [7, 11) is 0. The molecule has 5 heteroatoms. The largest absolute Gasteiger partial charge is 0.325 e. The molecule has 1 spiro atoms. The molecule has 124 valence electrons. The lowest BCUT2D eigenvalue weighted by atomic mass is 9.80. The third-order valence-corrected chi connectivity index (χ3v) is 5.87. The fourth-order valence-corrected chi connectivity index (χ4v) is 4.57. The first-order chi connectivity index (χ1) is 11.7. The van der Waals surface area contributed by atoms with E-state index in [1.165, 1.54) is 6.42 Å². The van der Waals surface area contributed by atoms with Crippen molar-refractivity contribution in [1.82, 2.24) is 4.90 Å². The maximum absolute atomic E-state index is 13.0. The molecule has 1 aliphatic carbocycles. The number of amides is 2. The first-order valence-electron chi connectivity index (χ1n) is 8.77. The summed E-state index contributed by atoms with van der Waals surface area (Å²) in [5, 5.41) is 12.5. The number of nitrogens with one attached hydrogen (secondary N) is 1. The SMILES string of the molecule is N#CC1C[C@@]2(CN1C(=O)C1CCCCC1)C(=O)Nc1ccccc12. The average molecular weight is 323 g/mol. The van der Waals surface area contributed by atoms with Crippen LogP contribution in [-0.2, 0) is 15.0 Å². The molecule has 4 rings (SSSR count). The number of anilines is 1. The second-order valence-electron chi connectivity index (χ2n) is 7.23. The number of rotatable bonds is 1. The molecule has 1 aromatic carbocycles. The zero-order chi connectivity index (χ0) is 16.7. The molecule has 0 aromatic heterocycles. The third kappa shape index (κ3) is 2.13. The van der Waals surface area contributed by atoms with Gasteiger partial charge in [-0.2, -0.15) is 5.26 Å². The van der Waals surface area contributed by atoms with Gasteiger partial charge in [-0.3, -0.25) is 9.59 Å². The normalized spacial score (nSPS) is 29.4. The summed E-state index contributed by atoms with van der Waals surface area (Å²) in [6, 6.07) is 9.37. The van der Waals surface area contributed by atoms with E-state index in [9.17, 15) is 14.9 Å². The van der Waals surface area contributed by atoms with Gasteiger partial charge in [0, 0.05) is 24.6 Å². The minimum Gasteiger partial charge on any atom is -0.325 e. The van der Waals surface area contributed by atoms with Crippen LogP contribution in [0.1, 0.15) is 44.1 Å². The van der Waals surface area contributed by atoms with E-state index >= 15 is 0 Å².